The van der Waals surface area contributed by atoms with Gasteiger partial charge in [-0.1, -0.05) is 33.1 Å². The molecule has 1 aliphatic heterocycles. The SMILES string of the molecule is CCCC(CCC)C(=O)N(CC1CCCCN1)C(C)C. The molecule has 0 aromatic rings. The van der Waals surface area contributed by atoms with E-state index in [0.29, 0.717) is 18.0 Å². The van der Waals surface area contributed by atoms with Crippen LogP contribution in [-0.4, -0.2) is 36.0 Å². The van der Waals surface area contributed by atoms with E-state index in [1.165, 1.54) is 19.3 Å². The molecule has 1 fully saturated rings. The lowest BCUT2D eigenvalue weighted by atomic mass is 9.95. The second-order valence-corrected chi connectivity index (χ2v) is 6.51. The van der Waals surface area contributed by atoms with Gasteiger partial charge in [0.05, 0.1) is 0 Å². The maximum atomic E-state index is 12.8. The molecule has 0 spiro atoms. The maximum absolute atomic E-state index is 12.8. The van der Waals surface area contributed by atoms with Crippen LogP contribution < -0.4 is 5.32 Å². The van der Waals surface area contributed by atoms with Crippen molar-refractivity contribution in [3.8, 4) is 0 Å². The normalized spacial score (nSPS) is 19.6. The molecule has 0 saturated carbocycles. The minimum Gasteiger partial charge on any atom is -0.338 e. The van der Waals surface area contributed by atoms with Crippen LogP contribution in [0.1, 0.15) is 72.6 Å². The second-order valence-electron chi connectivity index (χ2n) is 6.51. The first-order chi connectivity index (χ1) is 9.60. The molecule has 0 aliphatic carbocycles. The lowest BCUT2D eigenvalue weighted by Crippen LogP contribution is -2.50. The summed E-state index contributed by atoms with van der Waals surface area (Å²) in [5, 5.41) is 3.57. The van der Waals surface area contributed by atoms with E-state index in [9.17, 15) is 4.79 Å². The largest absolute Gasteiger partial charge is 0.338 e. The van der Waals surface area contributed by atoms with E-state index < -0.39 is 0 Å². The van der Waals surface area contributed by atoms with Gasteiger partial charge >= 0.3 is 0 Å². The summed E-state index contributed by atoms with van der Waals surface area (Å²) < 4.78 is 0. The number of piperidine rings is 1. The van der Waals surface area contributed by atoms with E-state index >= 15 is 0 Å². The predicted octanol–water partition coefficient (Wildman–Crippen LogP) is 3.58. The zero-order valence-corrected chi connectivity index (χ0v) is 14.0. The number of hydrogen-bond donors (Lipinski definition) is 1. The first-order valence-electron chi connectivity index (χ1n) is 8.63. The van der Waals surface area contributed by atoms with Crippen LogP contribution in [0.25, 0.3) is 0 Å². The van der Waals surface area contributed by atoms with Gasteiger partial charge in [-0.05, 0) is 46.1 Å². The maximum Gasteiger partial charge on any atom is 0.225 e. The van der Waals surface area contributed by atoms with E-state index in [4.69, 9.17) is 0 Å². The molecule has 3 nitrogen and oxygen atoms in total. The number of nitrogens with one attached hydrogen (secondary N) is 1. The quantitative estimate of drug-likeness (QED) is 0.738. The first kappa shape index (κ1) is 17.5. The fraction of sp³-hybridized carbons (Fsp3) is 0.941. The minimum absolute atomic E-state index is 0.232. The average molecular weight is 282 g/mol. The smallest absolute Gasteiger partial charge is 0.225 e. The van der Waals surface area contributed by atoms with Gasteiger partial charge in [0.1, 0.15) is 0 Å². The lowest BCUT2D eigenvalue weighted by Gasteiger charge is -2.35. The Balaban J connectivity index is 2.64. The zero-order valence-electron chi connectivity index (χ0n) is 14.0. The molecule has 0 bridgehead atoms. The van der Waals surface area contributed by atoms with E-state index in [-0.39, 0.29) is 5.92 Å². The van der Waals surface area contributed by atoms with Crippen LogP contribution in [0.2, 0.25) is 0 Å². The third-order valence-corrected chi connectivity index (χ3v) is 4.36. The molecule has 0 radical (unpaired) electrons. The van der Waals surface area contributed by atoms with Crippen molar-refractivity contribution in [3.63, 3.8) is 0 Å². The Bertz CT molecular complexity index is 266. The highest BCUT2D eigenvalue weighted by Gasteiger charge is 2.27. The molecule has 1 amide bonds. The molecule has 1 aliphatic rings. The Kier molecular flexibility index (Phi) is 8.20. The minimum atomic E-state index is 0.232. The van der Waals surface area contributed by atoms with Gasteiger partial charge in [0, 0.05) is 24.5 Å². The second kappa shape index (κ2) is 9.38. The van der Waals surface area contributed by atoms with Gasteiger partial charge < -0.3 is 10.2 Å². The van der Waals surface area contributed by atoms with Crippen LogP contribution >= 0.6 is 0 Å². The number of hydrogen-bond acceptors (Lipinski definition) is 2. The summed E-state index contributed by atoms with van der Waals surface area (Å²) in [6.45, 7) is 10.7. The van der Waals surface area contributed by atoms with Crippen molar-refractivity contribution in [2.75, 3.05) is 13.1 Å². The standard InChI is InChI=1S/C17H34N2O/c1-5-9-15(10-6-2)17(20)19(14(3)4)13-16-11-7-8-12-18-16/h14-16,18H,5-13H2,1-4H3. The van der Waals surface area contributed by atoms with Crippen molar-refractivity contribution in [2.24, 2.45) is 5.92 Å². The Labute approximate surface area is 125 Å². The van der Waals surface area contributed by atoms with Crippen molar-refractivity contribution in [1.82, 2.24) is 10.2 Å². The van der Waals surface area contributed by atoms with E-state index in [0.717, 1.165) is 38.8 Å². The highest BCUT2D eigenvalue weighted by Crippen LogP contribution is 2.20. The van der Waals surface area contributed by atoms with Crippen molar-refractivity contribution in [1.29, 1.82) is 0 Å². The summed E-state index contributed by atoms with van der Waals surface area (Å²) in [5.41, 5.74) is 0. The fourth-order valence-corrected chi connectivity index (χ4v) is 3.20. The molecular formula is C17H34N2O. The van der Waals surface area contributed by atoms with Crippen LogP contribution in [0.3, 0.4) is 0 Å². The van der Waals surface area contributed by atoms with Crippen molar-refractivity contribution < 1.29 is 4.79 Å². The van der Waals surface area contributed by atoms with E-state index in [1.54, 1.807) is 0 Å². The van der Waals surface area contributed by atoms with Gasteiger partial charge in [-0.15, -0.1) is 0 Å². The van der Waals surface area contributed by atoms with E-state index in [2.05, 4.69) is 37.9 Å². The van der Waals surface area contributed by atoms with Gasteiger partial charge in [0.2, 0.25) is 5.91 Å². The molecule has 1 rings (SSSR count). The number of carbonyl (C=O) groups excluding carboxylic acids is 1. The summed E-state index contributed by atoms with van der Waals surface area (Å²) in [7, 11) is 0. The molecule has 3 heteroatoms. The Morgan fingerprint density at radius 1 is 1.20 bits per heavy atom. The molecule has 1 N–H and O–H groups in total. The summed E-state index contributed by atoms with van der Waals surface area (Å²) in [4.78, 5) is 15.0. The summed E-state index contributed by atoms with van der Waals surface area (Å²) in [5.74, 6) is 0.618. The van der Waals surface area contributed by atoms with Gasteiger partial charge in [0.15, 0.2) is 0 Å². The first-order valence-corrected chi connectivity index (χ1v) is 8.63. The van der Waals surface area contributed by atoms with Gasteiger partial charge in [0.25, 0.3) is 0 Å². The molecule has 20 heavy (non-hydrogen) atoms. The van der Waals surface area contributed by atoms with Crippen LogP contribution in [0, 0.1) is 5.92 Å². The molecule has 1 atom stereocenters. The summed E-state index contributed by atoms with van der Waals surface area (Å²) >= 11 is 0. The number of nitrogens with zero attached hydrogens (tertiary/aromatic N) is 1. The van der Waals surface area contributed by atoms with Crippen LogP contribution in [0.15, 0.2) is 0 Å². The van der Waals surface area contributed by atoms with Crippen LogP contribution in [0.5, 0.6) is 0 Å². The van der Waals surface area contributed by atoms with Gasteiger partial charge in [-0.25, -0.2) is 0 Å². The molecule has 118 valence electrons. The summed E-state index contributed by atoms with van der Waals surface area (Å²) in [6, 6.07) is 0.807. The van der Waals surface area contributed by atoms with Crippen LogP contribution in [0.4, 0.5) is 0 Å². The molecular weight excluding hydrogens is 248 g/mol. The number of rotatable bonds is 8. The third kappa shape index (κ3) is 5.43. The summed E-state index contributed by atoms with van der Waals surface area (Å²) in [6.07, 6.45) is 8.06. The zero-order chi connectivity index (χ0) is 15.0. The average Bonchev–Trinajstić information content (AvgIpc) is 2.44. The predicted molar refractivity (Wildman–Crippen MR) is 85.8 cm³/mol. The Morgan fingerprint density at radius 3 is 2.30 bits per heavy atom. The van der Waals surface area contributed by atoms with Crippen molar-refractivity contribution in [3.05, 3.63) is 0 Å². The monoisotopic (exact) mass is 282 g/mol. The molecule has 0 aromatic heterocycles. The third-order valence-electron chi connectivity index (χ3n) is 4.36. The van der Waals surface area contributed by atoms with Crippen LogP contribution in [-0.2, 0) is 4.79 Å². The van der Waals surface area contributed by atoms with Crippen molar-refractivity contribution >= 4 is 5.91 Å². The Hall–Kier alpha value is -0.570. The number of carbonyl (C=O) groups is 1. The molecule has 1 unspecified atom stereocenters. The van der Waals surface area contributed by atoms with Gasteiger partial charge in [-0.3, -0.25) is 4.79 Å². The number of amides is 1. The molecule has 1 saturated heterocycles. The van der Waals surface area contributed by atoms with Gasteiger partial charge in [-0.2, -0.15) is 0 Å². The Morgan fingerprint density at radius 2 is 1.85 bits per heavy atom. The van der Waals surface area contributed by atoms with Crippen molar-refractivity contribution in [2.45, 2.75) is 84.7 Å². The highest BCUT2D eigenvalue weighted by molar-refractivity contribution is 5.79. The van der Waals surface area contributed by atoms with E-state index in [1.807, 2.05) is 0 Å². The molecule has 0 aromatic carbocycles. The highest BCUT2D eigenvalue weighted by atomic mass is 16.2. The fourth-order valence-electron chi connectivity index (χ4n) is 3.20. The lowest BCUT2D eigenvalue weighted by molar-refractivity contribution is -0.138. The topological polar surface area (TPSA) is 32.3 Å². The molecule has 1 heterocycles.